The van der Waals surface area contributed by atoms with Gasteiger partial charge in [-0.3, -0.25) is 9.59 Å². The number of benzene rings is 1. The third-order valence-electron chi connectivity index (χ3n) is 5.43. The second kappa shape index (κ2) is 8.62. The first-order chi connectivity index (χ1) is 13.6. The predicted molar refractivity (Wildman–Crippen MR) is 115 cm³/mol. The van der Waals surface area contributed by atoms with Crippen molar-refractivity contribution in [2.75, 3.05) is 0 Å². The number of thiophene rings is 1. The Morgan fingerprint density at radius 1 is 1.11 bits per heavy atom. The van der Waals surface area contributed by atoms with E-state index in [-0.39, 0.29) is 23.9 Å². The Labute approximate surface area is 177 Å². The third-order valence-corrected chi connectivity index (χ3v) is 7.06. The van der Waals surface area contributed by atoms with Crippen LogP contribution in [-0.2, 0) is 11.2 Å². The molecule has 0 fully saturated rings. The summed E-state index contributed by atoms with van der Waals surface area (Å²) in [6, 6.07) is 11.5. The van der Waals surface area contributed by atoms with E-state index in [0.717, 1.165) is 28.6 Å². The first-order valence-electron chi connectivity index (χ1n) is 9.71. The molecule has 0 bridgehead atoms. The minimum Gasteiger partial charge on any atom is -0.350 e. The zero-order chi connectivity index (χ0) is 19.5. The van der Waals surface area contributed by atoms with Gasteiger partial charge in [-0.2, -0.15) is 0 Å². The van der Waals surface area contributed by atoms with E-state index in [9.17, 15) is 9.59 Å². The Morgan fingerprint density at radius 2 is 1.96 bits per heavy atom. The summed E-state index contributed by atoms with van der Waals surface area (Å²) in [5.74, 6) is -0.0595. The first-order valence-corrected chi connectivity index (χ1v) is 11.3. The quantitative estimate of drug-likeness (QED) is 0.625. The SMILES string of the molecule is O=C(CC1=CCCCC1)N[C@@H]1Cc2ccccc2[C@H]1NC(=O)c1ccc(Br)s1. The van der Waals surface area contributed by atoms with Crippen LogP contribution >= 0.6 is 27.3 Å². The van der Waals surface area contributed by atoms with Gasteiger partial charge >= 0.3 is 0 Å². The van der Waals surface area contributed by atoms with Crippen LogP contribution in [0, 0.1) is 0 Å². The molecular weight excluding hydrogens is 436 g/mol. The van der Waals surface area contributed by atoms with Crippen molar-refractivity contribution in [1.29, 1.82) is 0 Å². The summed E-state index contributed by atoms with van der Waals surface area (Å²) in [6.45, 7) is 0. The van der Waals surface area contributed by atoms with E-state index in [0.29, 0.717) is 11.3 Å². The number of carbonyl (C=O) groups is 2. The van der Waals surface area contributed by atoms with Crippen LogP contribution in [0.25, 0.3) is 0 Å². The number of allylic oxidation sites excluding steroid dienone is 1. The third kappa shape index (κ3) is 4.39. The van der Waals surface area contributed by atoms with E-state index in [1.165, 1.54) is 35.3 Å². The van der Waals surface area contributed by atoms with Crippen LogP contribution in [0.1, 0.15) is 58.9 Å². The van der Waals surface area contributed by atoms with Crippen molar-refractivity contribution in [2.45, 2.75) is 50.6 Å². The molecule has 28 heavy (non-hydrogen) atoms. The molecule has 0 spiro atoms. The Kier molecular flexibility index (Phi) is 5.97. The van der Waals surface area contributed by atoms with Gasteiger partial charge in [0, 0.05) is 6.42 Å². The molecule has 0 radical (unpaired) electrons. The molecule has 0 saturated carbocycles. The Bertz CT molecular complexity index is 921. The first kappa shape index (κ1) is 19.4. The molecule has 4 nitrogen and oxygen atoms in total. The molecule has 2 N–H and O–H groups in total. The molecule has 6 heteroatoms. The van der Waals surface area contributed by atoms with Crippen molar-refractivity contribution < 1.29 is 9.59 Å². The van der Waals surface area contributed by atoms with Crippen molar-refractivity contribution in [1.82, 2.24) is 10.6 Å². The normalized spacial score (nSPS) is 21.0. The maximum Gasteiger partial charge on any atom is 0.261 e. The van der Waals surface area contributed by atoms with Gasteiger partial charge in [0.05, 0.1) is 20.7 Å². The molecule has 0 aliphatic heterocycles. The average Bonchev–Trinajstić information content (AvgIpc) is 3.27. The fourth-order valence-electron chi connectivity index (χ4n) is 4.09. The number of nitrogens with one attached hydrogen (secondary N) is 2. The molecule has 0 unspecified atom stereocenters. The smallest absolute Gasteiger partial charge is 0.261 e. The summed E-state index contributed by atoms with van der Waals surface area (Å²) in [5.41, 5.74) is 3.51. The lowest BCUT2D eigenvalue weighted by Crippen LogP contribution is -2.44. The molecule has 1 heterocycles. The summed E-state index contributed by atoms with van der Waals surface area (Å²) >= 11 is 4.82. The molecular formula is C22H23BrN2O2S. The zero-order valence-corrected chi connectivity index (χ0v) is 17.9. The lowest BCUT2D eigenvalue weighted by Gasteiger charge is -2.23. The minimum atomic E-state index is -0.214. The molecule has 4 rings (SSSR count). The number of fused-ring (bicyclic) bond motifs is 1. The zero-order valence-electron chi connectivity index (χ0n) is 15.5. The fourth-order valence-corrected chi connectivity index (χ4v) is 5.37. The van der Waals surface area contributed by atoms with Crippen LogP contribution < -0.4 is 10.6 Å². The summed E-state index contributed by atoms with van der Waals surface area (Å²) in [7, 11) is 0. The van der Waals surface area contributed by atoms with Crippen molar-refractivity contribution >= 4 is 39.1 Å². The van der Waals surface area contributed by atoms with Crippen molar-refractivity contribution in [3.63, 3.8) is 0 Å². The van der Waals surface area contributed by atoms with Gasteiger partial charge in [0.15, 0.2) is 0 Å². The van der Waals surface area contributed by atoms with E-state index in [2.05, 4.69) is 38.7 Å². The van der Waals surface area contributed by atoms with Crippen molar-refractivity contribution in [3.05, 3.63) is 67.8 Å². The van der Waals surface area contributed by atoms with Gasteiger partial charge in [0.2, 0.25) is 5.91 Å². The van der Waals surface area contributed by atoms with Crippen LogP contribution in [0.2, 0.25) is 0 Å². The molecule has 2 amide bonds. The van der Waals surface area contributed by atoms with Crippen LogP contribution in [0.3, 0.4) is 0 Å². The van der Waals surface area contributed by atoms with Crippen molar-refractivity contribution in [2.24, 2.45) is 0 Å². The number of amides is 2. The van der Waals surface area contributed by atoms with Gasteiger partial charge < -0.3 is 10.6 Å². The average molecular weight is 459 g/mol. The summed E-state index contributed by atoms with van der Waals surface area (Å²) < 4.78 is 0.926. The van der Waals surface area contributed by atoms with Gasteiger partial charge in [-0.25, -0.2) is 0 Å². The number of hydrogen-bond donors (Lipinski definition) is 2. The topological polar surface area (TPSA) is 58.2 Å². The highest BCUT2D eigenvalue weighted by molar-refractivity contribution is 9.11. The molecule has 1 aromatic carbocycles. The van der Waals surface area contributed by atoms with Gasteiger partial charge in [-0.05, 0) is 71.3 Å². The van der Waals surface area contributed by atoms with Gasteiger partial charge in [-0.1, -0.05) is 35.9 Å². The minimum absolute atomic E-state index is 0.0454. The summed E-state index contributed by atoms with van der Waals surface area (Å²) in [6.07, 6.45) is 7.89. The molecule has 1 aromatic heterocycles. The van der Waals surface area contributed by atoms with Gasteiger partial charge in [0.25, 0.3) is 5.91 Å². The van der Waals surface area contributed by atoms with E-state index in [1.807, 2.05) is 30.3 Å². The largest absolute Gasteiger partial charge is 0.350 e. The highest BCUT2D eigenvalue weighted by Crippen LogP contribution is 2.32. The predicted octanol–water partition coefficient (Wildman–Crippen LogP) is 4.91. The maximum absolute atomic E-state index is 12.7. The van der Waals surface area contributed by atoms with E-state index in [4.69, 9.17) is 0 Å². The molecule has 2 aliphatic carbocycles. The molecule has 2 atom stereocenters. The van der Waals surface area contributed by atoms with Gasteiger partial charge in [-0.15, -0.1) is 11.3 Å². The van der Waals surface area contributed by atoms with Crippen LogP contribution in [0.15, 0.2) is 51.8 Å². The van der Waals surface area contributed by atoms with Crippen molar-refractivity contribution in [3.8, 4) is 0 Å². The van der Waals surface area contributed by atoms with Crippen LogP contribution in [-0.4, -0.2) is 17.9 Å². The maximum atomic E-state index is 12.7. The Hall–Kier alpha value is -1.92. The van der Waals surface area contributed by atoms with Crippen LogP contribution in [0.5, 0.6) is 0 Å². The number of hydrogen-bond acceptors (Lipinski definition) is 3. The standard InChI is InChI=1S/C22H23BrN2O2S/c23-19-11-10-18(28-19)22(27)25-21-16-9-5-4-8-15(16)13-17(21)24-20(26)12-14-6-2-1-3-7-14/h4-6,8-11,17,21H,1-3,7,12-13H2,(H,24,26)(H,25,27)/t17-,21-/m1/s1. The fraction of sp³-hybridized carbons (Fsp3) is 0.364. The molecule has 2 aromatic rings. The monoisotopic (exact) mass is 458 g/mol. The highest BCUT2D eigenvalue weighted by Gasteiger charge is 2.34. The molecule has 2 aliphatic rings. The number of carbonyl (C=O) groups excluding carboxylic acids is 2. The van der Waals surface area contributed by atoms with E-state index < -0.39 is 0 Å². The lowest BCUT2D eigenvalue weighted by molar-refractivity contribution is -0.121. The Morgan fingerprint density at radius 3 is 2.71 bits per heavy atom. The summed E-state index contributed by atoms with van der Waals surface area (Å²) in [4.78, 5) is 26.0. The lowest BCUT2D eigenvalue weighted by atomic mass is 9.97. The number of halogens is 1. The summed E-state index contributed by atoms with van der Waals surface area (Å²) in [5, 5.41) is 6.33. The highest BCUT2D eigenvalue weighted by atomic mass is 79.9. The molecule has 146 valence electrons. The second-order valence-electron chi connectivity index (χ2n) is 7.42. The second-order valence-corrected chi connectivity index (χ2v) is 9.88. The molecule has 0 saturated heterocycles. The van der Waals surface area contributed by atoms with Gasteiger partial charge in [0.1, 0.15) is 0 Å². The number of rotatable bonds is 5. The van der Waals surface area contributed by atoms with E-state index in [1.54, 1.807) is 0 Å². The van der Waals surface area contributed by atoms with E-state index >= 15 is 0 Å². The Balaban J connectivity index is 1.48. The van der Waals surface area contributed by atoms with Crippen LogP contribution in [0.4, 0.5) is 0 Å².